The predicted octanol–water partition coefficient (Wildman–Crippen LogP) is 3.83. The highest BCUT2D eigenvalue weighted by Crippen LogP contribution is 2.10. The van der Waals surface area contributed by atoms with Gasteiger partial charge in [0.05, 0.1) is 12.7 Å². The minimum atomic E-state index is -0.342. The Bertz CT molecular complexity index is 192. The molecule has 0 fully saturated rings. The van der Waals surface area contributed by atoms with E-state index >= 15 is 0 Å². The molecule has 1 atom stereocenters. The highest BCUT2D eigenvalue weighted by Gasteiger charge is 2.08. The molecular weight excluding hydrogens is 228 g/mol. The van der Waals surface area contributed by atoms with E-state index in [4.69, 9.17) is 4.74 Å². The van der Waals surface area contributed by atoms with E-state index in [1.165, 1.54) is 25.7 Å². The van der Waals surface area contributed by atoms with Crippen LogP contribution in [0.4, 0.5) is 0 Å². The quantitative estimate of drug-likeness (QED) is 0.427. The number of hydrogen-bond donors (Lipinski definition) is 1. The van der Waals surface area contributed by atoms with E-state index < -0.39 is 0 Å². The largest absolute Gasteiger partial charge is 0.466 e. The van der Waals surface area contributed by atoms with E-state index in [1.54, 1.807) is 0 Å². The first kappa shape index (κ1) is 17.4. The molecule has 0 aliphatic rings. The molecule has 3 nitrogen and oxygen atoms in total. The van der Waals surface area contributed by atoms with Gasteiger partial charge in [0, 0.05) is 6.42 Å². The van der Waals surface area contributed by atoms with Crippen LogP contribution in [0, 0.1) is 0 Å². The van der Waals surface area contributed by atoms with Crippen molar-refractivity contribution in [2.75, 3.05) is 6.61 Å². The molecule has 0 rings (SSSR count). The Labute approximate surface area is 112 Å². The molecule has 0 spiro atoms. The number of rotatable bonds is 12. The van der Waals surface area contributed by atoms with Crippen LogP contribution in [0.2, 0.25) is 0 Å². The molecule has 0 radical (unpaired) electrons. The monoisotopic (exact) mass is 258 g/mol. The first-order chi connectivity index (χ1) is 8.70. The summed E-state index contributed by atoms with van der Waals surface area (Å²) in [5.41, 5.74) is 0. The van der Waals surface area contributed by atoms with Crippen molar-refractivity contribution < 1.29 is 14.6 Å². The summed E-state index contributed by atoms with van der Waals surface area (Å²) in [4.78, 5) is 11.3. The third-order valence-corrected chi connectivity index (χ3v) is 3.08. The summed E-state index contributed by atoms with van der Waals surface area (Å²) in [7, 11) is 0. The molecule has 1 unspecified atom stereocenters. The van der Waals surface area contributed by atoms with E-state index in [2.05, 4.69) is 13.8 Å². The predicted molar refractivity (Wildman–Crippen MR) is 74.5 cm³/mol. The van der Waals surface area contributed by atoms with Gasteiger partial charge < -0.3 is 9.84 Å². The molecule has 1 N–H and O–H groups in total. The number of esters is 1. The van der Waals surface area contributed by atoms with Crippen LogP contribution >= 0.6 is 0 Å². The molecule has 108 valence electrons. The van der Waals surface area contributed by atoms with Crippen molar-refractivity contribution >= 4 is 5.97 Å². The summed E-state index contributed by atoms with van der Waals surface area (Å²) in [5, 5.41) is 9.72. The molecule has 3 heteroatoms. The van der Waals surface area contributed by atoms with Crippen molar-refractivity contribution in [3.63, 3.8) is 0 Å². The molecule has 0 bridgehead atoms. The van der Waals surface area contributed by atoms with E-state index in [1.807, 2.05) is 0 Å². The Kier molecular flexibility index (Phi) is 12.5. The molecule has 0 heterocycles. The van der Waals surface area contributed by atoms with Crippen LogP contribution in [-0.2, 0) is 9.53 Å². The first-order valence-electron chi connectivity index (χ1n) is 7.54. The Morgan fingerprint density at radius 3 is 2.33 bits per heavy atom. The topological polar surface area (TPSA) is 46.5 Å². The molecule has 0 aromatic heterocycles. The lowest BCUT2D eigenvalue weighted by Crippen LogP contribution is -2.12. The number of carbonyl (C=O) groups excluding carboxylic acids is 1. The number of ether oxygens (including phenoxy) is 1. The maximum atomic E-state index is 11.3. The molecule has 0 amide bonds. The van der Waals surface area contributed by atoms with Crippen molar-refractivity contribution in [1.29, 1.82) is 0 Å². The summed E-state index contributed by atoms with van der Waals surface area (Å²) in [6, 6.07) is 0. The van der Waals surface area contributed by atoms with Crippen molar-refractivity contribution in [2.45, 2.75) is 84.2 Å². The van der Waals surface area contributed by atoms with Crippen molar-refractivity contribution in [2.24, 2.45) is 0 Å². The van der Waals surface area contributed by atoms with Gasteiger partial charge in [-0.1, -0.05) is 52.4 Å². The van der Waals surface area contributed by atoms with Crippen LogP contribution in [0.3, 0.4) is 0 Å². The number of aliphatic hydroxyl groups excluding tert-OH is 1. The van der Waals surface area contributed by atoms with Gasteiger partial charge in [0.25, 0.3) is 0 Å². The lowest BCUT2D eigenvalue weighted by atomic mass is 10.1. The molecule has 0 aliphatic heterocycles. The zero-order chi connectivity index (χ0) is 13.6. The zero-order valence-corrected chi connectivity index (χ0v) is 12.1. The Hall–Kier alpha value is -0.570. The fraction of sp³-hybridized carbons (Fsp3) is 0.933. The summed E-state index contributed by atoms with van der Waals surface area (Å²) < 4.78 is 5.04. The number of unbranched alkanes of at least 4 members (excludes halogenated alkanes) is 5. The fourth-order valence-electron chi connectivity index (χ4n) is 1.81. The van der Waals surface area contributed by atoms with Gasteiger partial charge in [0.2, 0.25) is 0 Å². The van der Waals surface area contributed by atoms with Crippen LogP contribution in [0.25, 0.3) is 0 Å². The molecule has 18 heavy (non-hydrogen) atoms. The fourth-order valence-corrected chi connectivity index (χ4v) is 1.81. The second-order valence-electron chi connectivity index (χ2n) is 4.97. The first-order valence-corrected chi connectivity index (χ1v) is 7.54. The van der Waals surface area contributed by atoms with Crippen LogP contribution in [-0.4, -0.2) is 23.8 Å². The summed E-state index contributed by atoms with van der Waals surface area (Å²) in [6.07, 6.45) is 9.33. The van der Waals surface area contributed by atoms with E-state index in [-0.39, 0.29) is 12.1 Å². The summed E-state index contributed by atoms with van der Waals surface area (Å²) in [5.74, 6) is -0.173. The van der Waals surface area contributed by atoms with Crippen LogP contribution in [0.1, 0.15) is 78.1 Å². The van der Waals surface area contributed by atoms with Gasteiger partial charge >= 0.3 is 5.97 Å². The SMILES string of the molecule is CCCCCCCC(O)CCC(=O)OCCCC. The molecule has 0 saturated heterocycles. The average Bonchev–Trinajstić information content (AvgIpc) is 2.36. The van der Waals surface area contributed by atoms with Gasteiger partial charge in [-0.2, -0.15) is 0 Å². The zero-order valence-electron chi connectivity index (χ0n) is 12.1. The Morgan fingerprint density at radius 1 is 1.00 bits per heavy atom. The number of hydrogen-bond acceptors (Lipinski definition) is 3. The van der Waals surface area contributed by atoms with Gasteiger partial charge in [0.15, 0.2) is 0 Å². The van der Waals surface area contributed by atoms with Crippen LogP contribution < -0.4 is 0 Å². The molecule has 0 aromatic rings. The Balaban J connectivity index is 3.34. The van der Waals surface area contributed by atoms with Crippen LogP contribution in [0.5, 0.6) is 0 Å². The smallest absolute Gasteiger partial charge is 0.305 e. The van der Waals surface area contributed by atoms with Gasteiger partial charge in [-0.15, -0.1) is 0 Å². The minimum Gasteiger partial charge on any atom is -0.466 e. The average molecular weight is 258 g/mol. The highest BCUT2D eigenvalue weighted by molar-refractivity contribution is 5.69. The van der Waals surface area contributed by atoms with Crippen molar-refractivity contribution in [1.82, 2.24) is 0 Å². The highest BCUT2D eigenvalue weighted by atomic mass is 16.5. The normalized spacial score (nSPS) is 12.4. The maximum absolute atomic E-state index is 11.3. The van der Waals surface area contributed by atoms with Crippen LogP contribution in [0.15, 0.2) is 0 Å². The molecule has 0 saturated carbocycles. The number of aliphatic hydroxyl groups is 1. The van der Waals surface area contributed by atoms with E-state index in [0.717, 1.165) is 25.7 Å². The van der Waals surface area contributed by atoms with Gasteiger partial charge in [-0.3, -0.25) is 4.79 Å². The third-order valence-electron chi connectivity index (χ3n) is 3.08. The van der Waals surface area contributed by atoms with Crippen molar-refractivity contribution in [3.05, 3.63) is 0 Å². The standard InChI is InChI=1S/C15H30O3/c1-3-5-7-8-9-10-14(16)11-12-15(17)18-13-6-4-2/h14,16H,3-13H2,1-2H3. The number of carbonyl (C=O) groups is 1. The third kappa shape index (κ3) is 11.9. The molecule has 0 aromatic carbocycles. The maximum Gasteiger partial charge on any atom is 0.305 e. The summed E-state index contributed by atoms with van der Waals surface area (Å²) >= 11 is 0. The minimum absolute atomic E-state index is 0.173. The lowest BCUT2D eigenvalue weighted by Gasteiger charge is -2.10. The Morgan fingerprint density at radius 2 is 1.67 bits per heavy atom. The lowest BCUT2D eigenvalue weighted by molar-refractivity contribution is -0.144. The second kappa shape index (κ2) is 12.9. The second-order valence-corrected chi connectivity index (χ2v) is 4.97. The van der Waals surface area contributed by atoms with E-state index in [0.29, 0.717) is 19.4 Å². The summed E-state index contributed by atoms with van der Waals surface area (Å²) in [6.45, 7) is 4.78. The molecular formula is C15H30O3. The van der Waals surface area contributed by atoms with Gasteiger partial charge in [0.1, 0.15) is 0 Å². The van der Waals surface area contributed by atoms with Crippen molar-refractivity contribution in [3.8, 4) is 0 Å². The van der Waals surface area contributed by atoms with E-state index in [9.17, 15) is 9.90 Å². The van der Waals surface area contributed by atoms with Gasteiger partial charge in [-0.25, -0.2) is 0 Å². The molecule has 0 aliphatic carbocycles. The van der Waals surface area contributed by atoms with Gasteiger partial charge in [-0.05, 0) is 19.3 Å².